The molecule has 1 fully saturated rings. The summed E-state index contributed by atoms with van der Waals surface area (Å²) in [6.07, 6.45) is 2.57. The maximum atomic E-state index is 4.74. The topological polar surface area (TPSA) is 46.3 Å². The van der Waals surface area contributed by atoms with E-state index in [-0.39, 0.29) is 0 Å². The Morgan fingerprint density at radius 3 is 2.68 bits per heavy atom. The number of fused-ring (bicyclic) bond motifs is 1. The number of nitrogens with zero attached hydrogens (tertiary/aromatic N) is 5. The zero-order valence-electron chi connectivity index (χ0n) is 12.9. The summed E-state index contributed by atoms with van der Waals surface area (Å²) < 4.78 is 1.91. The van der Waals surface area contributed by atoms with E-state index in [1.165, 1.54) is 24.0 Å². The van der Waals surface area contributed by atoms with Crippen molar-refractivity contribution in [3.05, 3.63) is 35.2 Å². The summed E-state index contributed by atoms with van der Waals surface area (Å²) in [5.74, 6) is 0.947. The van der Waals surface area contributed by atoms with Gasteiger partial charge in [-0.25, -0.2) is 0 Å². The molecule has 1 aromatic carbocycles. The molecule has 0 aliphatic carbocycles. The van der Waals surface area contributed by atoms with Gasteiger partial charge in [0, 0.05) is 5.56 Å². The molecule has 1 aliphatic heterocycles. The van der Waals surface area contributed by atoms with E-state index in [0.717, 1.165) is 41.0 Å². The molecule has 0 unspecified atom stereocenters. The van der Waals surface area contributed by atoms with Gasteiger partial charge in [0.25, 0.3) is 0 Å². The summed E-state index contributed by atoms with van der Waals surface area (Å²) in [5.41, 5.74) is 3.76. The van der Waals surface area contributed by atoms with Crippen LogP contribution >= 0.6 is 11.3 Å². The molecule has 0 atom stereocenters. The summed E-state index contributed by atoms with van der Waals surface area (Å²) in [7, 11) is 0. The molecule has 3 aromatic rings. The fourth-order valence-electron chi connectivity index (χ4n) is 2.89. The lowest BCUT2D eigenvalue weighted by atomic mass is 10.1. The molecule has 1 aliphatic rings. The Labute approximate surface area is 133 Å². The second-order valence-electron chi connectivity index (χ2n) is 6.00. The molecule has 22 heavy (non-hydrogen) atoms. The molecular weight excluding hydrogens is 294 g/mol. The summed E-state index contributed by atoms with van der Waals surface area (Å²) in [5, 5.41) is 14.3. The standard InChI is InChI=1S/C16H19N5S/c1-11-5-6-13(9-12(11)2)15-19-21-14(17-18-16(21)22-15)10-20-7-3-4-8-20/h5-6,9H,3-4,7-8,10H2,1-2H3. The lowest BCUT2D eigenvalue weighted by Gasteiger charge is -2.11. The fraction of sp³-hybridized carbons (Fsp3) is 0.438. The van der Waals surface area contributed by atoms with Crippen LogP contribution in [0.1, 0.15) is 29.8 Å². The van der Waals surface area contributed by atoms with Crippen molar-refractivity contribution in [2.24, 2.45) is 0 Å². The van der Waals surface area contributed by atoms with Crippen molar-refractivity contribution < 1.29 is 0 Å². The van der Waals surface area contributed by atoms with Crippen molar-refractivity contribution in [1.82, 2.24) is 24.7 Å². The van der Waals surface area contributed by atoms with E-state index in [0.29, 0.717) is 0 Å². The van der Waals surface area contributed by atoms with E-state index in [1.807, 2.05) is 4.52 Å². The van der Waals surface area contributed by atoms with Gasteiger partial charge < -0.3 is 0 Å². The lowest BCUT2D eigenvalue weighted by molar-refractivity contribution is 0.319. The van der Waals surface area contributed by atoms with Crippen molar-refractivity contribution in [2.45, 2.75) is 33.2 Å². The molecule has 2 aromatic heterocycles. The van der Waals surface area contributed by atoms with Gasteiger partial charge in [-0.1, -0.05) is 23.5 Å². The van der Waals surface area contributed by atoms with Crippen LogP contribution < -0.4 is 0 Å². The molecular formula is C16H19N5S. The van der Waals surface area contributed by atoms with Crippen molar-refractivity contribution in [3.63, 3.8) is 0 Å². The second kappa shape index (κ2) is 5.44. The van der Waals surface area contributed by atoms with Gasteiger partial charge in [0.1, 0.15) is 5.01 Å². The van der Waals surface area contributed by atoms with Gasteiger partial charge in [-0.2, -0.15) is 9.61 Å². The van der Waals surface area contributed by atoms with E-state index in [2.05, 4.69) is 47.1 Å². The number of aryl methyl sites for hydroxylation is 2. The third-order valence-electron chi connectivity index (χ3n) is 4.37. The van der Waals surface area contributed by atoms with E-state index in [4.69, 9.17) is 5.10 Å². The van der Waals surface area contributed by atoms with Crippen LogP contribution in [0.3, 0.4) is 0 Å². The summed E-state index contributed by atoms with van der Waals surface area (Å²) in [6, 6.07) is 6.48. The van der Waals surface area contributed by atoms with Gasteiger partial charge in [-0.3, -0.25) is 4.90 Å². The van der Waals surface area contributed by atoms with Gasteiger partial charge in [0.05, 0.1) is 6.54 Å². The third-order valence-corrected chi connectivity index (χ3v) is 5.32. The highest BCUT2D eigenvalue weighted by Gasteiger charge is 2.18. The van der Waals surface area contributed by atoms with E-state index < -0.39 is 0 Å². The minimum absolute atomic E-state index is 0.845. The third kappa shape index (κ3) is 2.42. The average Bonchev–Trinajstić information content (AvgIpc) is 3.20. The Bertz CT molecular complexity index is 813. The highest BCUT2D eigenvalue weighted by Crippen LogP contribution is 2.27. The highest BCUT2D eigenvalue weighted by atomic mass is 32.1. The molecule has 0 amide bonds. The van der Waals surface area contributed by atoms with Crippen LogP contribution in [0.15, 0.2) is 18.2 Å². The first kappa shape index (κ1) is 13.8. The molecule has 4 rings (SSSR count). The van der Waals surface area contributed by atoms with E-state index in [9.17, 15) is 0 Å². The maximum absolute atomic E-state index is 4.74. The van der Waals surface area contributed by atoms with E-state index in [1.54, 1.807) is 11.3 Å². The summed E-state index contributed by atoms with van der Waals surface area (Å²) >= 11 is 1.60. The van der Waals surface area contributed by atoms with Crippen LogP contribution in [-0.2, 0) is 6.54 Å². The highest BCUT2D eigenvalue weighted by molar-refractivity contribution is 7.19. The van der Waals surface area contributed by atoms with Crippen molar-refractivity contribution in [3.8, 4) is 10.6 Å². The maximum Gasteiger partial charge on any atom is 0.235 e. The smallest absolute Gasteiger partial charge is 0.235 e. The van der Waals surface area contributed by atoms with Gasteiger partial charge in [0.15, 0.2) is 5.82 Å². The number of hydrogen-bond donors (Lipinski definition) is 0. The summed E-state index contributed by atoms with van der Waals surface area (Å²) in [4.78, 5) is 3.30. The van der Waals surface area contributed by atoms with Crippen molar-refractivity contribution in [1.29, 1.82) is 0 Å². The molecule has 0 radical (unpaired) electrons. The van der Waals surface area contributed by atoms with Crippen LogP contribution in [0.4, 0.5) is 0 Å². The molecule has 6 heteroatoms. The first-order valence-electron chi connectivity index (χ1n) is 7.72. The first-order valence-corrected chi connectivity index (χ1v) is 8.53. The predicted molar refractivity (Wildman–Crippen MR) is 88.1 cm³/mol. The molecule has 1 saturated heterocycles. The Morgan fingerprint density at radius 1 is 1.09 bits per heavy atom. The van der Waals surface area contributed by atoms with E-state index >= 15 is 0 Å². The minimum atomic E-state index is 0.845. The Hall–Kier alpha value is -1.79. The predicted octanol–water partition coefficient (Wildman–Crippen LogP) is 3.07. The van der Waals surface area contributed by atoms with Crippen LogP contribution in [0.25, 0.3) is 15.5 Å². The van der Waals surface area contributed by atoms with Crippen LogP contribution in [0.2, 0.25) is 0 Å². The van der Waals surface area contributed by atoms with Crippen LogP contribution in [0.5, 0.6) is 0 Å². The van der Waals surface area contributed by atoms with Crippen LogP contribution in [-0.4, -0.2) is 37.8 Å². The molecule has 0 bridgehead atoms. The number of benzene rings is 1. The largest absolute Gasteiger partial charge is 0.296 e. The lowest BCUT2D eigenvalue weighted by Crippen LogP contribution is -2.20. The normalized spacial score (nSPS) is 15.9. The first-order chi connectivity index (χ1) is 10.7. The Kier molecular flexibility index (Phi) is 3.43. The Morgan fingerprint density at radius 2 is 1.91 bits per heavy atom. The monoisotopic (exact) mass is 313 g/mol. The molecule has 0 spiro atoms. The molecule has 5 nitrogen and oxygen atoms in total. The van der Waals surface area contributed by atoms with Gasteiger partial charge >= 0.3 is 0 Å². The van der Waals surface area contributed by atoms with Crippen molar-refractivity contribution >= 4 is 16.3 Å². The number of aromatic nitrogens is 4. The van der Waals surface area contributed by atoms with Crippen LogP contribution in [0, 0.1) is 13.8 Å². The zero-order valence-corrected chi connectivity index (χ0v) is 13.7. The zero-order chi connectivity index (χ0) is 15.1. The van der Waals surface area contributed by atoms with Gasteiger partial charge in [-0.05, 0) is 57.0 Å². The Balaban J connectivity index is 1.68. The molecule has 3 heterocycles. The molecule has 114 valence electrons. The fourth-order valence-corrected chi connectivity index (χ4v) is 3.74. The molecule has 0 saturated carbocycles. The minimum Gasteiger partial charge on any atom is -0.296 e. The quantitative estimate of drug-likeness (QED) is 0.745. The number of hydrogen-bond acceptors (Lipinski definition) is 5. The van der Waals surface area contributed by atoms with Gasteiger partial charge in [-0.15, -0.1) is 10.2 Å². The summed E-state index contributed by atoms with van der Waals surface area (Å²) in [6.45, 7) is 7.42. The number of likely N-dealkylation sites (tertiary alicyclic amines) is 1. The van der Waals surface area contributed by atoms with Crippen molar-refractivity contribution in [2.75, 3.05) is 13.1 Å². The average molecular weight is 313 g/mol. The van der Waals surface area contributed by atoms with Gasteiger partial charge in [0.2, 0.25) is 4.96 Å². The number of rotatable bonds is 3. The molecule has 0 N–H and O–H groups in total. The second-order valence-corrected chi connectivity index (χ2v) is 6.96. The SMILES string of the molecule is Cc1ccc(-c2nn3c(CN4CCCC4)nnc3s2)cc1C.